The molecule has 0 unspecified atom stereocenters. The number of benzene rings is 2. The molecular formula is C21H19ClN2O5. The summed E-state index contributed by atoms with van der Waals surface area (Å²) in [5.74, 6) is -3.21. The van der Waals surface area contributed by atoms with Crippen molar-refractivity contribution in [3.63, 3.8) is 0 Å². The van der Waals surface area contributed by atoms with Gasteiger partial charge < -0.3 is 20.1 Å². The van der Waals surface area contributed by atoms with Gasteiger partial charge in [-0.25, -0.2) is 9.59 Å². The largest absolute Gasteiger partial charge is 0.419 e. The number of hydrogen-bond donors (Lipinski definition) is 2. The first-order valence-electron chi connectivity index (χ1n) is 8.75. The van der Waals surface area contributed by atoms with Crippen LogP contribution in [0.1, 0.15) is 29.8 Å². The number of esters is 2. The molecule has 0 atom stereocenters. The summed E-state index contributed by atoms with van der Waals surface area (Å²) in [6.07, 6.45) is 1.19. The van der Waals surface area contributed by atoms with Crippen LogP contribution < -0.4 is 10.6 Å². The van der Waals surface area contributed by atoms with Crippen molar-refractivity contribution in [1.29, 1.82) is 0 Å². The predicted octanol–water partition coefficient (Wildman–Crippen LogP) is 4.03. The SMILES string of the molecule is Cc1ccc(Cl)cc1NC(=O)c1cccc(NC=C2C(=O)OC(C)(C)OC2=O)c1. The van der Waals surface area contributed by atoms with Crippen molar-refractivity contribution in [3.8, 4) is 0 Å². The molecule has 0 aliphatic carbocycles. The number of cyclic esters (lactones) is 2. The minimum Gasteiger partial charge on any atom is -0.419 e. The third kappa shape index (κ3) is 4.94. The van der Waals surface area contributed by atoms with E-state index in [0.717, 1.165) is 5.56 Å². The van der Waals surface area contributed by atoms with Gasteiger partial charge in [0.25, 0.3) is 11.7 Å². The maximum atomic E-state index is 12.6. The van der Waals surface area contributed by atoms with Crippen LogP contribution in [0.3, 0.4) is 0 Å². The number of nitrogens with one attached hydrogen (secondary N) is 2. The van der Waals surface area contributed by atoms with E-state index in [2.05, 4.69) is 10.6 Å². The van der Waals surface area contributed by atoms with E-state index < -0.39 is 17.7 Å². The summed E-state index contributed by atoms with van der Waals surface area (Å²) < 4.78 is 10.1. The van der Waals surface area contributed by atoms with Gasteiger partial charge in [0.15, 0.2) is 5.57 Å². The van der Waals surface area contributed by atoms with Gasteiger partial charge in [-0.1, -0.05) is 23.7 Å². The van der Waals surface area contributed by atoms with Crippen LogP contribution in [0.4, 0.5) is 11.4 Å². The topological polar surface area (TPSA) is 93.7 Å². The van der Waals surface area contributed by atoms with Crippen molar-refractivity contribution in [3.05, 3.63) is 70.4 Å². The van der Waals surface area contributed by atoms with Crippen LogP contribution in [0.2, 0.25) is 5.02 Å². The van der Waals surface area contributed by atoms with E-state index in [0.29, 0.717) is 22.0 Å². The lowest BCUT2D eigenvalue weighted by Crippen LogP contribution is -2.42. The van der Waals surface area contributed by atoms with E-state index in [1.165, 1.54) is 20.0 Å². The maximum absolute atomic E-state index is 12.6. The van der Waals surface area contributed by atoms with Gasteiger partial charge in [-0.05, 0) is 42.8 Å². The van der Waals surface area contributed by atoms with Gasteiger partial charge in [-0.3, -0.25) is 4.79 Å². The summed E-state index contributed by atoms with van der Waals surface area (Å²) in [5, 5.41) is 6.14. The first kappa shape index (κ1) is 20.4. The smallest absolute Gasteiger partial charge is 0.350 e. The Balaban J connectivity index is 1.74. The highest BCUT2D eigenvalue weighted by molar-refractivity contribution is 6.31. The first-order chi connectivity index (χ1) is 13.6. The van der Waals surface area contributed by atoms with Crippen LogP contribution in [-0.2, 0) is 19.1 Å². The highest BCUT2D eigenvalue weighted by atomic mass is 35.5. The van der Waals surface area contributed by atoms with E-state index in [1.807, 2.05) is 13.0 Å². The Morgan fingerprint density at radius 1 is 1.07 bits per heavy atom. The number of amides is 1. The molecule has 1 amide bonds. The fraction of sp³-hybridized carbons (Fsp3) is 0.190. The number of hydrogen-bond acceptors (Lipinski definition) is 6. The van der Waals surface area contributed by atoms with Gasteiger partial charge in [0.2, 0.25) is 0 Å². The molecule has 7 nitrogen and oxygen atoms in total. The van der Waals surface area contributed by atoms with Crippen LogP contribution in [0.25, 0.3) is 0 Å². The molecular weight excluding hydrogens is 396 g/mol. The summed E-state index contributed by atoms with van der Waals surface area (Å²) in [7, 11) is 0. The van der Waals surface area contributed by atoms with E-state index in [9.17, 15) is 14.4 Å². The molecule has 0 bridgehead atoms. The molecule has 2 N–H and O–H groups in total. The molecule has 3 rings (SSSR count). The summed E-state index contributed by atoms with van der Waals surface area (Å²) in [6, 6.07) is 11.8. The zero-order valence-electron chi connectivity index (χ0n) is 16.0. The summed E-state index contributed by atoms with van der Waals surface area (Å²) >= 11 is 5.98. The van der Waals surface area contributed by atoms with Crippen LogP contribution in [-0.4, -0.2) is 23.6 Å². The monoisotopic (exact) mass is 414 g/mol. The maximum Gasteiger partial charge on any atom is 0.350 e. The van der Waals surface area contributed by atoms with E-state index in [1.54, 1.807) is 36.4 Å². The fourth-order valence-corrected chi connectivity index (χ4v) is 2.78. The molecule has 150 valence electrons. The Morgan fingerprint density at radius 2 is 1.76 bits per heavy atom. The van der Waals surface area contributed by atoms with E-state index >= 15 is 0 Å². The highest BCUT2D eigenvalue weighted by Crippen LogP contribution is 2.24. The van der Waals surface area contributed by atoms with Crippen molar-refractivity contribution in [2.75, 3.05) is 10.6 Å². The second-order valence-electron chi connectivity index (χ2n) is 6.88. The van der Waals surface area contributed by atoms with E-state index in [-0.39, 0.29) is 11.5 Å². The Hall–Kier alpha value is -3.32. The summed E-state index contributed by atoms with van der Waals surface area (Å²) in [6.45, 7) is 4.80. The number of anilines is 2. The molecule has 0 aromatic heterocycles. The van der Waals surface area contributed by atoms with Gasteiger partial charge in [-0.15, -0.1) is 0 Å². The standard InChI is InChI=1S/C21H19ClN2O5/c1-12-7-8-14(22)10-17(12)24-18(25)13-5-4-6-15(9-13)23-11-16-19(26)28-21(2,3)29-20(16)27/h4-11,23H,1-3H3,(H,24,25). The van der Waals surface area contributed by atoms with E-state index in [4.69, 9.17) is 21.1 Å². The third-order valence-electron chi connectivity index (χ3n) is 4.07. The lowest BCUT2D eigenvalue weighted by molar-refractivity contribution is -0.222. The number of aryl methyl sites for hydroxylation is 1. The first-order valence-corrected chi connectivity index (χ1v) is 9.13. The number of carbonyl (C=O) groups excluding carboxylic acids is 3. The number of carbonyl (C=O) groups is 3. The molecule has 1 aliphatic rings. The summed E-state index contributed by atoms with van der Waals surface area (Å²) in [5.41, 5.74) is 2.09. The number of rotatable bonds is 4. The van der Waals surface area contributed by atoms with Crippen molar-refractivity contribution in [1.82, 2.24) is 0 Å². The quantitative estimate of drug-likeness (QED) is 0.445. The van der Waals surface area contributed by atoms with Crippen LogP contribution in [0.5, 0.6) is 0 Å². The minimum absolute atomic E-state index is 0.270. The van der Waals surface area contributed by atoms with Gasteiger partial charge >= 0.3 is 11.9 Å². The molecule has 0 spiro atoms. The zero-order valence-corrected chi connectivity index (χ0v) is 16.8. The Morgan fingerprint density at radius 3 is 2.45 bits per heavy atom. The lowest BCUT2D eigenvalue weighted by Gasteiger charge is -2.29. The lowest BCUT2D eigenvalue weighted by atomic mass is 10.1. The molecule has 1 heterocycles. The molecule has 1 aliphatic heterocycles. The van der Waals surface area contributed by atoms with Gasteiger partial charge in [0.05, 0.1) is 0 Å². The summed E-state index contributed by atoms with van der Waals surface area (Å²) in [4.78, 5) is 36.5. The molecule has 0 radical (unpaired) electrons. The molecule has 29 heavy (non-hydrogen) atoms. The second-order valence-corrected chi connectivity index (χ2v) is 7.31. The fourth-order valence-electron chi connectivity index (χ4n) is 2.61. The third-order valence-corrected chi connectivity index (χ3v) is 4.31. The predicted molar refractivity (Wildman–Crippen MR) is 109 cm³/mol. The zero-order chi connectivity index (χ0) is 21.2. The average molecular weight is 415 g/mol. The minimum atomic E-state index is -1.30. The molecule has 2 aromatic rings. The normalized spacial score (nSPS) is 15.2. The number of ether oxygens (including phenoxy) is 2. The van der Waals surface area contributed by atoms with Crippen molar-refractivity contribution in [2.45, 2.75) is 26.6 Å². The van der Waals surface area contributed by atoms with Crippen LogP contribution in [0, 0.1) is 6.92 Å². The van der Waals surface area contributed by atoms with Crippen molar-refractivity contribution in [2.24, 2.45) is 0 Å². The Labute approximate surface area is 172 Å². The molecule has 0 saturated carbocycles. The van der Waals surface area contributed by atoms with Gasteiger partial charge in [0.1, 0.15) is 0 Å². The average Bonchev–Trinajstić information content (AvgIpc) is 2.63. The highest BCUT2D eigenvalue weighted by Gasteiger charge is 2.38. The Kier molecular flexibility index (Phi) is 5.61. The van der Waals surface area contributed by atoms with Crippen LogP contribution >= 0.6 is 11.6 Å². The Bertz CT molecular complexity index is 1010. The molecule has 8 heteroatoms. The van der Waals surface area contributed by atoms with Crippen molar-refractivity contribution < 1.29 is 23.9 Å². The number of halogens is 1. The van der Waals surface area contributed by atoms with Gasteiger partial charge in [0, 0.05) is 42.0 Å². The van der Waals surface area contributed by atoms with Crippen molar-refractivity contribution >= 4 is 40.8 Å². The molecule has 2 aromatic carbocycles. The van der Waals surface area contributed by atoms with Crippen LogP contribution in [0.15, 0.2) is 54.2 Å². The molecule has 1 saturated heterocycles. The second kappa shape index (κ2) is 7.97. The molecule has 1 fully saturated rings. The van der Waals surface area contributed by atoms with Gasteiger partial charge in [-0.2, -0.15) is 0 Å².